The van der Waals surface area contributed by atoms with Crippen molar-refractivity contribution < 1.29 is 9.47 Å². The van der Waals surface area contributed by atoms with Crippen LogP contribution in [-0.2, 0) is 13.7 Å². The second-order valence-electron chi connectivity index (χ2n) is 3.87. The molecule has 0 aliphatic carbocycles. The predicted octanol–water partition coefficient (Wildman–Crippen LogP) is 1.98. The minimum absolute atomic E-state index is 0.346. The summed E-state index contributed by atoms with van der Waals surface area (Å²) in [6, 6.07) is 7.39. The number of hydrogen-bond acceptors (Lipinski definition) is 4. The summed E-state index contributed by atoms with van der Waals surface area (Å²) >= 11 is 0. The molecule has 5 nitrogen and oxygen atoms in total. The summed E-state index contributed by atoms with van der Waals surface area (Å²) in [5.74, 6) is 1.33. The monoisotopic (exact) mass is 247 g/mol. The molecule has 2 aromatic rings. The molecule has 0 aliphatic rings. The van der Waals surface area contributed by atoms with E-state index in [1.54, 1.807) is 10.7 Å². The molecule has 18 heavy (non-hydrogen) atoms. The van der Waals surface area contributed by atoms with Crippen LogP contribution in [0, 0.1) is 0 Å². The van der Waals surface area contributed by atoms with Gasteiger partial charge in [0.05, 0.1) is 12.2 Å². The van der Waals surface area contributed by atoms with Crippen molar-refractivity contribution >= 4 is 5.69 Å². The fourth-order valence-electron chi connectivity index (χ4n) is 1.64. The van der Waals surface area contributed by atoms with E-state index in [9.17, 15) is 0 Å². The number of nitrogens with zero attached hydrogens (tertiary/aromatic N) is 2. The molecule has 0 saturated heterocycles. The lowest BCUT2D eigenvalue weighted by molar-refractivity contribution is 0.276. The van der Waals surface area contributed by atoms with E-state index < -0.39 is 0 Å². The molecule has 2 rings (SSSR count). The molecule has 1 aromatic heterocycles. The Morgan fingerprint density at radius 3 is 2.78 bits per heavy atom. The van der Waals surface area contributed by atoms with E-state index >= 15 is 0 Å². The molecular formula is C13H17N3O2. The molecule has 2 N–H and O–H groups in total. The summed E-state index contributed by atoms with van der Waals surface area (Å²) in [6.45, 7) is 2.88. The summed E-state index contributed by atoms with van der Waals surface area (Å²) < 4.78 is 12.8. The predicted molar refractivity (Wildman–Crippen MR) is 69.6 cm³/mol. The number of aryl methyl sites for hydroxylation is 1. The van der Waals surface area contributed by atoms with Crippen LogP contribution in [0.2, 0.25) is 0 Å². The smallest absolute Gasteiger partial charge is 0.233 e. The molecule has 96 valence electrons. The first-order valence-electron chi connectivity index (χ1n) is 5.83. The van der Waals surface area contributed by atoms with E-state index in [1.807, 2.05) is 38.4 Å². The minimum atomic E-state index is 0.346. The van der Waals surface area contributed by atoms with Gasteiger partial charge in [0.15, 0.2) is 0 Å². The lowest BCUT2D eigenvalue weighted by atomic mass is 10.1. The topological polar surface area (TPSA) is 62.3 Å². The van der Waals surface area contributed by atoms with Gasteiger partial charge in [0.25, 0.3) is 0 Å². The van der Waals surface area contributed by atoms with Crippen molar-refractivity contribution in [2.75, 3.05) is 12.3 Å². The Hall–Kier alpha value is -2.17. The van der Waals surface area contributed by atoms with Gasteiger partial charge in [0.2, 0.25) is 5.88 Å². The highest BCUT2D eigenvalue weighted by Crippen LogP contribution is 2.25. The van der Waals surface area contributed by atoms with Crippen molar-refractivity contribution in [1.82, 2.24) is 9.78 Å². The first-order valence-corrected chi connectivity index (χ1v) is 5.83. The molecule has 5 heteroatoms. The summed E-state index contributed by atoms with van der Waals surface area (Å²) in [5.41, 5.74) is 7.45. The van der Waals surface area contributed by atoms with Gasteiger partial charge in [0.1, 0.15) is 12.4 Å². The molecule has 0 unspecified atom stereocenters. The number of nitrogen functional groups attached to an aromatic ring is 1. The van der Waals surface area contributed by atoms with Gasteiger partial charge in [-0.05, 0) is 19.1 Å². The maximum absolute atomic E-state index is 5.94. The van der Waals surface area contributed by atoms with Crippen LogP contribution in [0.15, 0.2) is 30.5 Å². The van der Waals surface area contributed by atoms with E-state index in [-0.39, 0.29) is 0 Å². The van der Waals surface area contributed by atoms with E-state index in [0.29, 0.717) is 24.8 Å². The van der Waals surface area contributed by atoms with Gasteiger partial charge >= 0.3 is 0 Å². The van der Waals surface area contributed by atoms with E-state index in [0.717, 1.165) is 11.3 Å². The summed E-state index contributed by atoms with van der Waals surface area (Å²) in [7, 11) is 1.84. The van der Waals surface area contributed by atoms with Crippen LogP contribution in [0.5, 0.6) is 11.6 Å². The van der Waals surface area contributed by atoms with Crippen molar-refractivity contribution in [2.24, 2.45) is 7.05 Å². The third kappa shape index (κ3) is 2.74. The second kappa shape index (κ2) is 5.44. The normalized spacial score (nSPS) is 10.3. The van der Waals surface area contributed by atoms with E-state index in [1.165, 1.54) is 0 Å². The Bertz CT molecular complexity index is 523. The Morgan fingerprint density at radius 2 is 2.11 bits per heavy atom. The molecule has 0 fully saturated rings. The molecule has 0 saturated carbocycles. The summed E-state index contributed by atoms with van der Waals surface area (Å²) in [4.78, 5) is 0. The first kappa shape index (κ1) is 12.3. The molecule has 0 atom stereocenters. The van der Waals surface area contributed by atoms with Crippen LogP contribution in [0.4, 0.5) is 5.69 Å². The molecule has 1 aromatic carbocycles. The molecule has 0 spiro atoms. The average molecular weight is 247 g/mol. The maximum atomic E-state index is 5.94. The number of nitrogens with two attached hydrogens (primary N) is 1. The number of ether oxygens (including phenoxy) is 2. The molecule has 0 bridgehead atoms. The number of anilines is 1. The highest BCUT2D eigenvalue weighted by molar-refractivity contribution is 5.54. The Balaban J connectivity index is 2.12. The Labute approximate surface area is 106 Å². The zero-order valence-electron chi connectivity index (χ0n) is 10.6. The first-order chi connectivity index (χ1) is 8.70. The van der Waals surface area contributed by atoms with Gasteiger partial charge in [-0.15, -0.1) is 5.10 Å². The van der Waals surface area contributed by atoms with Gasteiger partial charge in [-0.25, -0.2) is 0 Å². The number of aromatic nitrogens is 2. The van der Waals surface area contributed by atoms with Gasteiger partial charge in [-0.2, -0.15) is 0 Å². The molecule has 1 heterocycles. The highest BCUT2D eigenvalue weighted by atomic mass is 16.5. The SMILES string of the molecule is CCOc1cccc(N)c1COc1ccn(C)n1. The molecule has 0 amide bonds. The standard InChI is InChI=1S/C13H17N3O2/c1-3-17-12-6-4-5-11(14)10(12)9-18-13-7-8-16(2)15-13/h4-8H,3,9,14H2,1-2H3. The highest BCUT2D eigenvalue weighted by Gasteiger charge is 2.09. The van der Waals surface area contributed by atoms with Crippen molar-refractivity contribution in [3.63, 3.8) is 0 Å². The fourth-order valence-corrected chi connectivity index (χ4v) is 1.64. The molecular weight excluding hydrogens is 230 g/mol. The Kier molecular flexibility index (Phi) is 3.72. The zero-order chi connectivity index (χ0) is 13.0. The van der Waals surface area contributed by atoms with Gasteiger partial charge < -0.3 is 15.2 Å². The van der Waals surface area contributed by atoms with Crippen LogP contribution in [-0.4, -0.2) is 16.4 Å². The summed E-state index contributed by atoms with van der Waals surface area (Å²) in [6.07, 6.45) is 1.83. The van der Waals surface area contributed by atoms with Crippen LogP contribution in [0.1, 0.15) is 12.5 Å². The van der Waals surface area contributed by atoms with Crippen LogP contribution in [0.3, 0.4) is 0 Å². The van der Waals surface area contributed by atoms with Gasteiger partial charge in [-0.3, -0.25) is 4.68 Å². The number of hydrogen-bond donors (Lipinski definition) is 1. The third-order valence-corrected chi connectivity index (χ3v) is 2.52. The van der Waals surface area contributed by atoms with Gasteiger partial charge in [0, 0.05) is 25.0 Å². The van der Waals surface area contributed by atoms with E-state index in [2.05, 4.69) is 5.10 Å². The van der Waals surface area contributed by atoms with Crippen LogP contribution >= 0.6 is 0 Å². The number of benzene rings is 1. The third-order valence-electron chi connectivity index (χ3n) is 2.52. The van der Waals surface area contributed by atoms with Crippen LogP contribution in [0.25, 0.3) is 0 Å². The summed E-state index contributed by atoms with van der Waals surface area (Å²) in [5, 5.41) is 4.14. The minimum Gasteiger partial charge on any atom is -0.493 e. The quantitative estimate of drug-likeness (QED) is 0.821. The van der Waals surface area contributed by atoms with Crippen molar-refractivity contribution in [2.45, 2.75) is 13.5 Å². The second-order valence-corrected chi connectivity index (χ2v) is 3.87. The fraction of sp³-hybridized carbons (Fsp3) is 0.308. The molecule has 0 aliphatic heterocycles. The molecule has 0 radical (unpaired) electrons. The average Bonchev–Trinajstić information content (AvgIpc) is 2.75. The number of rotatable bonds is 5. The Morgan fingerprint density at radius 1 is 1.28 bits per heavy atom. The maximum Gasteiger partial charge on any atom is 0.233 e. The van der Waals surface area contributed by atoms with E-state index in [4.69, 9.17) is 15.2 Å². The lowest BCUT2D eigenvalue weighted by Gasteiger charge is -2.12. The van der Waals surface area contributed by atoms with Gasteiger partial charge in [-0.1, -0.05) is 6.07 Å². The van der Waals surface area contributed by atoms with Crippen molar-refractivity contribution in [3.8, 4) is 11.6 Å². The van der Waals surface area contributed by atoms with Crippen LogP contribution < -0.4 is 15.2 Å². The van der Waals surface area contributed by atoms with Crippen molar-refractivity contribution in [1.29, 1.82) is 0 Å². The largest absolute Gasteiger partial charge is 0.493 e. The zero-order valence-corrected chi connectivity index (χ0v) is 10.6. The van der Waals surface area contributed by atoms with Crippen molar-refractivity contribution in [3.05, 3.63) is 36.0 Å². The lowest BCUT2D eigenvalue weighted by Crippen LogP contribution is -2.05.